The van der Waals surface area contributed by atoms with E-state index < -0.39 is 86.8 Å². The Kier molecular flexibility index (Phi) is 51.8. The van der Waals surface area contributed by atoms with E-state index in [2.05, 4.69) is 92.1 Å². The first-order valence-electron chi connectivity index (χ1n) is 34.8. The fraction of sp³-hybridized carbons (Fsp3) is 0.792. The summed E-state index contributed by atoms with van der Waals surface area (Å²) >= 11 is 0. The van der Waals surface area contributed by atoms with Gasteiger partial charge in [0.1, 0.15) is 48.8 Å². The predicted octanol–water partition coefficient (Wildman–Crippen LogP) is 14.0. The third kappa shape index (κ3) is 40.0. The maximum absolute atomic E-state index is 13.3. The van der Waals surface area contributed by atoms with Crippen molar-refractivity contribution in [2.45, 2.75) is 344 Å². The van der Waals surface area contributed by atoms with Crippen LogP contribution in [0.2, 0.25) is 0 Å². The molecule has 86 heavy (non-hydrogen) atoms. The lowest BCUT2D eigenvalue weighted by molar-refractivity contribution is -0.359. The molecule has 0 saturated carbocycles. The van der Waals surface area contributed by atoms with E-state index in [-0.39, 0.29) is 18.9 Å². The van der Waals surface area contributed by atoms with Crippen molar-refractivity contribution in [3.05, 3.63) is 85.1 Å². The van der Waals surface area contributed by atoms with Crippen LogP contribution < -0.4 is 5.32 Å². The molecule has 9 N–H and O–H groups in total. The molecule has 498 valence electrons. The van der Waals surface area contributed by atoms with E-state index >= 15 is 0 Å². The van der Waals surface area contributed by atoms with Gasteiger partial charge in [-0.25, -0.2) is 0 Å². The van der Waals surface area contributed by atoms with Crippen LogP contribution in [-0.2, 0) is 23.7 Å². The third-order valence-corrected chi connectivity index (χ3v) is 16.6. The largest absolute Gasteiger partial charge is 0.394 e. The molecule has 0 aromatic carbocycles. The van der Waals surface area contributed by atoms with Crippen LogP contribution >= 0.6 is 0 Å². The van der Waals surface area contributed by atoms with E-state index in [1.807, 2.05) is 6.08 Å². The monoisotopic (exact) mass is 1210 g/mol. The van der Waals surface area contributed by atoms with Crippen molar-refractivity contribution in [3.8, 4) is 0 Å². The topological polar surface area (TPSA) is 228 Å². The van der Waals surface area contributed by atoms with Crippen LogP contribution in [0.1, 0.15) is 271 Å². The van der Waals surface area contributed by atoms with E-state index in [4.69, 9.17) is 18.9 Å². The van der Waals surface area contributed by atoms with Gasteiger partial charge >= 0.3 is 0 Å². The Hall–Kier alpha value is -2.83. The van der Waals surface area contributed by atoms with Gasteiger partial charge in [-0.15, -0.1) is 0 Å². The van der Waals surface area contributed by atoms with Gasteiger partial charge in [0.05, 0.1) is 32.0 Å². The average Bonchev–Trinajstić information content (AvgIpc) is 1.83. The first-order chi connectivity index (χ1) is 42.1. The third-order valence-electron chi connectivity index (χ3n) is 16.6. The summed E-state index contributed by atoms with van der Waals surface area (Å²) in [7, 11) is 0. The number of allylic oxidation sites excluding steroid dienone is 13. The van der Waals surface area contributed by atoms with Gasteiger partial charge in [-0.2, -0.15) is 0 Å². The van der Waals surface area contributed by atoms with Gasteiger partial charge in [0.2, 0.25) is 5.91 Å². The highest BCUT2D eigenvalue weighted by atomic mass is 16.7. The normalized spacial score (nSPS) is 23.9. The minimum absolute atomic E-state index is 0.248. The van der Waals surface area contributed by atoms with Crippen molar-refractivity contribution in [1.82, 2.24) is 5.32 Å². The zero-order valence-electron chi connectivity index (χ0n) is 54.0. The highest BCUT2D eigenvalue weighted by molar-refractivity contribution is 5.76. The first kappa shape index (κ1) is 79.3. The Morgan fingerprint density at radius 3 is 1.28 bits per heavy atom. The van der Waals surface area contributed by atoms with E-state index in [9.17, 15) is 45.6 Å². The summed E-state index contributed by atoms with van der Waals surface area (Å²) in [6.45, 7) is 2.67. The SMILES string of the molecule is CC/C=C\C/C=C\C/C=C\C/C=C\C/C=C\CCCCCCCCCCCCCCCCCCCCCCCC(=O)NC(COC1OC(CO)C(OC2OC(CO)C(O)C(O)C2O)C(O)C1O)C(O)/C=C/CC/C=C/CCCCCCCCCCC. The van der Waals surface area contributed by atoms with E-state index in [1.165, 1.54) is 173 Å². The number of amides is 1. The highest BCUT2D eigenvalue weighted by Crippen LogP contribution is 2.30. The number of carbonyl (C=O) groups is 1. The molecule has 0 bridgehead atoms. The Balaban J connectivity index is 1.60. The van der Waals surface area contributed by atoms with Crippen molar-refractivity contribution in [2.75, 3.05) is 19.8 Å². The van der Waals surface area contributed by atoms with Crippen molar-refractivity contribution < 1.29 is 64.6 Å². The van der Waals surface area contributed by atoms with Crippen LogP contribution in [-0.4, -0.2) is 140 Å². The van der Waals surface area contributed by atoms with Gasteiger partial charge in [0.15, 0.2) is 12.6 Å². The Morgan fingerprint density at radius 1 is 0.430 bits per heavy atom. The average molecular weight is 1210 g/mol. The lowest BCUT2D eigenvalue weighted by Gasteiger charge is -2.46. The summed E-state index contributed by atoms with van der Waals surface area (Å²) in [5.74, 6) is -0.248. The number of unbranched alkanes of at least 4 members (excludes halogenated alkanes) is 31. The Morgan fingerprint density at radius 2 is 0.814 bits per heavy atom. The van der Waals surface area contributed by atoms with Gasteiger partial charge in [-0.3, -0.25) is 4.79 Å². The van der Waals surface area contributed by atoms with Gasteiger partial charge in [-0.05, 0) is 77.0 Å². The number of nitrogens with one attached hydrogen (secondary N) is 1. The van der Waals surface area contributed by atoms with Gasteiger partial charge < -0.3 is 65.1 Å². The number of ether oxygens (including phenoxy) is 4. The molecule has 0 radical (unpaired) electrons. The van der Waals surface area contributed by atoms with Crippen molar-refractivity contribution in [1.29, 1.82) is 0 Å². The summed E-state index contributed by atoms with van der Waals surface area (Å²) in [5.41, 5.74) is 0. The molecule has 0 aliphatic carbocycles. The van der Waals surface area contributed by atoms with Crippen molar-refractivity contribution in [2.24, 2.45) is 0 Å². The molecule has 14 heteroatoms. The molecule has 1 amide bonds. The predicted molar refractivity (Wildman–Crippen MR) is 350 cm³/mol. The van der Waals surface area contributed by atoms with Gasteiger partial charge in [0, 0.05) is 6.42 Å². The second kappa shape index (κ2) is 56.2. The smallest absolute Gasteiger partial charge is 0.220 e. The second-order valence-corrected chi connectivity index (χ2v) is 24.3. The molecule has 14 nitrogen and oxygen atoms in total. The lowest BCUT2D eigenvalue weighted by Crippen LogP contribution is -2.65. The molecule has 2 aliphatic rings. The summed E-state index contributed by atoms with van der Waals surface area (Å²) in [5, 5.41) is 87.2. The number of carbonyl (C=O) groups excluding carboxylic acids is 1. The van der Waals surface area contributed by atoms with Crippen LogP contribution in [0.15, 0.2) is 85.1 Å². The molecular weight excluding hydrogens is 1090 g/mol. The number of rotatable bonds is 56. The molecule has 2 fully saturated rings. The Bertz CT molecular complexity index is 1770. The van der Waals surface area contributed by atoms with Gasteiger partial charge in [0.25, 0.3) is 0 Å². The molecule has 2 rings (SSSR count). The lowest BCUT2D eigenvalue weighted by atomic mass is 9.97. The maximum atomic E-state index is 13.3. The highest BCUT2D eigenvalue weighted by Gasteiger charge is 2.51. The molecular formula is C72H127NO13. The summed E-state index contributed by atoms with van der Waals surface area (Å²) in [6, 6.07) is -0.933. The molecule has 0 spiro atoms. The van der Waals surface area contributed by atoms with Crippen LogP contribution in [0.3, 0.4) is 0 Å². The van der Waals surface area contributed by atoms with E-state index in [0.29, 0.717) is 12.8 Å². The zero-order valence-corrected chi connectivity index (χ0v) is 54.0. The molecule has 0 aromatic heterocycles. The number of hydrogen-bond donors (Lipinski definition) is 9. The maximum Gasteiger partial charge on any atom is 0.220 e. The number of aliphatic hydroxyl groups excluding tert-OH is 8. The number of hydrogen-bond acceptors (Lipinski definition) is 13. The fourth-order valence-corrected chi connectivity index (χ4v) is 11.0. The quantitative estimate of drug-likeness (QED) is 0.0204. The molecule has 2 saturated heterocycles. The van der Waals surface area contributed by atoms with Crippen LogP contribution in [0.5, 0.6) is 0 Å². The van der Waals surface area contributed by atoms with E-state index in [0.717, 1.165) is 64.2 Å². The minimum atomic E-state index is -1.79. The van der Waals surface area contributed by atoms with Gasteiger partial charge in [-0.1, -0.05) is 272 Å². The summed E-state index contributed by atoms with van der Waals surface area (Å²) < 4.78 is 22.8. The molecule has 12 unspecified atom stereocenters. The van der Waals surface area contributed by atoms with Crippen LogP contribution in [0.25, 0.3) is 0 Å². The van der Waals surface area contributed by atoms with Crippen LogP contribution in [0, 0.1) is 0 Å². The standard InChI is InChI=1S/C72H127NO13/c1-3-5-7-9-11-13-15-17-19-20-21-22-23-24-25-26-27-28-29-30-31-32-33-34-35-36-37-38-39-40-42-44-46-48-50-52-54-56-64(77)73-60(61(76)55-53-51-49-47-45-43-41-18-16-14-12-10-8-6-4-2)59-83-71-69(82)67(80)70(63(58-75)85-71)86-72-68(81)66(79)65(78)62(57-74)84-72/h5,7,11,13,17,19,21-22,24-25,45,47,53,55,60-63,65-72,74-76,78-82H,3-4,6,8-10,12,14-16,18,20,23,26-44,46,48-52,54,56-59H2,1-2H3,(H,73,77)/b7-5-,13-11-,19-17-,22-21-,25-24-,47-45+,55-53+. The molecule has 12 atom stereocenters. The first-order valence-corrected chi connectivity index (χ1v) is 34.8. The zero-order chi connectivity index (χ0) is 62.3. The molecule has 0 aromatic rings. The molecule has 2 heterocycles. The van der Waals surface area contributed by atoms with Crippen LogP contribution in [0.4, 0.5) is 0 Å². The Labute approximate surface area is 522 Å². The van der Waals surface area contributed by atoms with Crippen molar-refractivity contribution >= 4 is 5.91 Å². The number of aliphatic hydroxyl groups is 8. The second-order valence-electron chi connectivity index (χ2n) is 24.3. The van der Waals surface area contributed by atoms with E-state index in [1.54, 1.807) is 6.08 Å². The molecule has 2 aliphatic heterocycles. The summed E-state index contributed by atoms with van der Waals surface area (Å²) in [6.07, 6.45) is 60.8. The van der Waals surface area contributed by atoms with Crippen molar-refractivity contribution in [3.63, 3.8) is 0 Å². The summed E-state index contributed by atoms with van der Waals surface area (Å²) in [4.78, 5) is 13.3. The minimum Gasteiger partial charge on any atom is -0.394 e. The fourth-order valence-electron chi connectivity index (χ4n) is 11.0.